The van der Waals surface area contributed by atoms with E-state index in [1.165, 1.54) is 0 Å². The van der Waals surface area contributed by atoms with Crippen molar-refractivity contribution in [2.45, 2.75) is 19.8 Å². The molecule has 0 saturated carbocycles. The summed E-state index contributed by atoms with van der Waals surface area (Å²) in [5, 5.41) is 0.0372. The summed E-state index contributed by atoms with van der Waals surface area (Å²) in [7, 11) is 0. The maximum atomic E-state index is 11.4. The van der Waals surface area contributed by atoms with Crippen LogP contribution in [0.5, 0.6) is 5.75 Å². The van der Waals surface area contributed by atoms with Gasteiger partial charge < -0.3 is 9.47 Å². The monoisotopic (exact) mass is 378 g/mol. The Hall–Kier alpha value is -0.0600. The molecule has 0 aliphatic carbocycles. The Bertz CT molecular complexity index is 475. The Balaban J connectivity index is 2.76. The quantitative estimate of drug-likeness (QED) is 0.276. The normalized spacial score (nSPS) is 10.5. The molecule has 0 aliphatic rings. The van der Waals surface area contributed by atoms with Crippen molar-refractivity contribution in [1.29, 1.82) is 0 Å². The Labute approximate surface area is 142 Å². The topological polar surface area (TPSA) is 35.5 Å². The smallest absolute Gasteiger partial charge is 0.344 e. The summed E-state index contributed by atoms with van der Waals surface area (Å²) in [6, 6.07) is 0. The van der Waals surface area contributed by atoms with Crippen molar-refractivity contribution in [2.24, 2.45) is 0 Å². The molecule has 3 nitrogen and oxygen atoms in total. The molecule has 0 aliphatic heterocycles. The third-order valence-corrected chi connectivity index (χ3v) is 4.51. The first kappa shape index (κ1) is 18.0. The summed E-state index contributed by atoms with van der Waals surface area (Å²) in [5.41, 5.74) is 0. The molecule has 1 rings (SSSR count). The number of unbranched alkanes of at least 4 members (excludes halogenated alkanes) is 1. The van der Waals surface area contributed by atoms with Crippen LogP contribution in [0.25, 0.3) is 0 Å². The molecule has 0 fully saturated rings. The zero-order valence-electron chi connectivity index (χ0n) is 10.4. The average Bonchev–Trinajstić information content (AvgIpc) is 2.43. The molecule has 1 aromatic carbocycles. The van der Waals surface area contributed by atoms with Gasteiger partial charge in [-0.3, -0.25) is 0 Å². The van der Waals surface area contributed by atoms with Crippen LogP contribution in [0, 0.1) is 0 Å². The van der Waals surface area contributed by atoms with E-state index >= 15 is 0 Å². The molecule has 20 heavy (non-hydrogen) atoms. The zero-order valence-corrected chi connectivity index (χ0v) is 14.2. The lowest BCUT2D eigenvalue weighted by Crippen LogP contribution is -2.15. The van der Waals surface area contributed by atoms with E-state index < -0.39 is 5.97 Å². The second-order valence-corrected chi connectivity index (χ2v) is 5.65. The van der Waals surface area contributed by atoms with Gasteiger partial charge in [0.2, 0.25) is 0 Å². The molecule has 8 heteroatoms. The van der Waals surface area contributed by atoms with Gasteiger partial charge in [0.1, 0.15) is 10.0 Å². The standard InChI is InChI=1S/C12H11Cl5O3/c1-2-3-4-19-6(18)5-20-12-10(16)8(14)7(13)9(15)11(12)17/h2-5H2,1H3. The van der Waals surface area contributed by atoms with Gasteiger partial charge in [0.15, 0.2) is 12.4 Å². The van der Waals surface area contributed by atoms with Gasteiger partial charge in [0.25, 0.3) is 0 Å². The number of hydrogen-bond donors (Lipinski definition) is 0. The van der Waals surface area contributed by atoms with Gasteiger partial charge in [-0.1, -0.05) is 71.3 Å². The lowest BCUT2D eigenvalue weighted by Gasteiger charge is -2.13. The minimum atomic E-state index is -0.534. The molecule has 0 bridgehead atoms. The van der Waals surface area contributed by atoms with Crippen molar-refractivity contribution in [2.75, 3.05) is 13.2 Å². The summed E-state index contributed by atoms with van der Waals surface area (Å²) in [4.78, 5) is 11.4. The van der Waals surface area contributed by atoms with Crippen LogP contribution in [0.3, 0.4) is 0 Å². The second kappa shape index (κ2) is 8.40. The SMILES string of the molecule is CCCCOC(=O)COc1c(Cl)c(Cl)c(Cl)c(Cl)c1Cl. The molecule has 0 atom stereocenters. The van der Waals surface area contributed by atoms with E-state index in [0.29, 0.717) is 6.61 Å². The molecule has 0 spiro atoms. The molecule has 0 saturated heterocycles. The van der Waals surface area contributed by atoms with E-state index in [2.05, 4.69) is 0 Å². The van der Waals surface area contributed by atoms with Crippen LogP contribution in [-0.4, -0.2) is 19.2 Å². The van der Waals surface area contributed by atoms with E-state index in [-0.39, 0.29) is 37.5 Å². The van der Waals surface area contributed by atoms with Crippen molar-refractivity contribution in [3.63, 3.8) is 0 Å². The molecule has 0 radical (unpaired) electrons. The fourth-order valence-electron chi connectivity index (χ4n) is 1.21. The maximum Gasteiger partial charge on any atom is 0.344 e. The lowest BCUT2D eigenvalue weighted by molar-refractivity contribution is -0.146. The first-order chi connectivity index (χ1) is 9.40. The minimum Gasteiger partial charge on any atom is -0.479 e. The van der Waals surface area contributed by atoms with Crippen LogP contribution >= 0.6 is 58.0 Å². The summed E-state index contributed by atoms with van der Waals surface area (Å²) in [6.07, 6.45) is 1.71. The number of carbonyl (C=O) groups excluding carboxylic acids is 1. The first-order valence-electron chi connectivity index (χ1n) is 5.70. The number of hydrogen-bond acceptors (Lipinski definition) is 3. The Morgan fingerprint density at radius 1 is 0.950 bits per heavy atom. The molecule has 0 amide bonds. The van der Waals surface area contributed by atoms with Crippen molar-refractivity contribution >= 4 is 64.0 Å². The summed E-state index contributed by atoms with van der Waals surface area (Å²) >= 11 is 29.5. The van der Waals surface area contributed by atoms with E-state index in [4.69, 9.17) is 67.5 Å². The van der Waals surface area contributed by atoms with Gasteiger partial charge in [-0.05, 0) is 6.42 Å². The third-order valence-electron chi connectivity index (χ3n) is 2.26. The number of carbonyl (C=O) groups is 1. The molecule has 112 valence electrons. The Morgan fingerprint density at radius 3 is 1.95 bits per heavy atom. The average molecular weight is 380 g/mol. The number of benzene rings is 1. The molecule has 0 unspecified atom stereocenters. The molecular weight excluding hydrogens is 369 g/mol. The van der Waals surface area contributed by atoms with E-state index in [9.17, 15) is 4.79 Å². The number of halogens is 5. The largest absolute Gasteiger partial charge is 0.479 e. The molecule has 0 N–H and O–H groups in total. The minimum absolute atomic E-state index is 0.000162. The lowest BCUT2D eigenvalue weighted by atomic mass is 10.3. The molecular formula is C12H11Cl5O3. The van der Waals surface area contributed by atoms with E-state index in [0.717, 1.165) is 12.8 Å². The van der Waals surface area contributed by atoms with Gasteiger partial charge >= 0.3 is 5.97 Å². The highest BCUT2D eigenvalue weighted by Crippen LogP contribution is 2.48. The first-order valence-corrected chi connectivity index (χ1v) is 7.59. The van der Waals surface area contributed by atoms with Crippen LogP contribution in [0.15, 0.2) is 0 Å². The summed E-state index contributed by atoms with van der Waals surface area (Å²) in [5.74, 6) is -0.534. The van der Waals surface area contributed by atoms with Crippen LogP contribution in [0.1, 0.15) is 19.8 Å². The Morgan fingerprint density at radius 2 is 1.45 bits per heavy atom. The molecule has 0 heterocycles. The van der Waals surface area contributed by atoms with Gasteiger partial charge in [-0.15, -0.1) is 0 Å². The van der Waals surface area contributed by atoms with Crippen molar-refractivity contribution in [3.05, 3.63) is 25.1 Å². The van der Waals surface area contributed by atoms with Crippen molar-refractivity contribution in [1.82, 2.24) is 0 Å². The van der Waals surface area contributed by atoms with Crippen LogP contribution in [-0.2, 0) is 9.53 Å². The summed E-state index contributed by atoms with van der Waals surface area (Å²) < 4.78 is 10.1. The fourth-order valence-corrected chi connectivity index (χ4v) is 2.44. The second-order valence-electron chi connectivity index (χ2n) is 3.76. The van der Waals surface area contributed by atoms with Gasteiger partial charge in [0.05, 0.1) is 21.7 Å². The predicted molar refractivity (Wildman–Crippen MR) is 82.9 cm³/mol. The van der Waals surface area contributed by atoms with Crippen LogP contribution < -0.4 is 4.74 Å². The highest BCUT2D eigenvalue weighted by atomic mass is 35.5. The highest BCUT2D eigenvalue weighted by Gasteiger charge is 2.21. The molecule has 0 aromatic heterocycles. The number of rotatable bonds is 6. The van der Waals surface area contributed by atoms with Crippen molar-refractivity contribution < 1.29 is 14.3 Å². The fraction of sp³-hybridized carbons (Fsp3) is 0.417. The van der Waals surface area contributed by atoms with Gasteiger partial charge in [-0.2, -0.15) is 0 Å². The van der Waals surface area contributed by atoms with E-state index in [1.54, 1.807) is 0 Å². The van der Waals surface area contributed by atoms with Gasteiger partial charge in [0, 0.05) is 0 Å². The maximum absolute atomic E-state index is 11.4. The van der Waals surface area contributed by atoms with E-state index in [1.807, 2.05) is 6.92 Å². The molecule has 1 aromatic rings. The number of esters is 1. The highest BCUT2D eigenvalue weighted by molar-refractivity contribution is 6.55. The zero-order chi connectivity index (χ0) is 15.3. The van der Waals surface area contributed by atoms with Crippen LogP contribution in [0.4, 0.5) is 0 Å². The van der Waals surface area contributed by atoms with Crippen molar-refractivity contribution in [3.8, 4) is 5.75 Å². The Kier molecular flexibility index (Phi) is 7.56. The predicted octanol–water partition coefficient (Wildman–Crippen LogP) is 5.68. The summed E-state index contributed by atoms with van der Waals surface area (Å²) in [6.45, 7) is 1.97. The van der Waals surface area contributed by atoms with Gasteiger partial charge in [-0.25, -0.2) is 4.79 Å². The number of ether oxygens (including phenoxy) is 2. The third kappa shape index (κ3) is 4.47. The van der Waals surface area contributed by atoms with Crippen LogP contribution in [0.2, 0.25) is 25.1 Å².